The van der Waals surface area contributed by atoms with E-state index < -0.39 is 96.9 Å². The van der Waals surface area contributed by atoms with Crippen LogP contribution in [0.3, 0.4) is 0 Å². The second-order valence-electron chi connectivity index (χ2n) is 10.0. The molecular formula is C25H41N11O9. The Morgan fingerprint density at radius 1 is 0.844 bits per heavy atom. The van der Waals surface area contributed by atoms with Crippen molar-refractivity contribution in [2.45, 2.75) is 75.7 Å². The van der Waals surface area contributed by atoms with E-state index in [0.29, 0.717) is 18.5 Å². The molecule has 0 aliphatic carbocycles. The van der Waals surface area contributed by atoms with Crippen molar-refractivity contribution in [3.05, 3.63) is 18.2 Å². The third-order valence-electron chi connectivity index (χ3n) is 6.16. The number of carbonyl (C=O) groups is 8. The maximum absolute atomic E-state index is 13.0. The predicted octanol–water partition coefficient (Wildman–Crippen LogP) is -5.68. The topological polar surface area (TPSA) is 350 Å². The molecule has 0 aliphatic heterocycles. The number of rotatable bonds is 21. The van der Waals surface area contributed by atoms with E-state index in [4.69, 9.17) is 22.9 Å². The van der Waals surface area contributed by atoms with Gasteiger partial charge in [-0.15, -0.1) is 0 Å². The van der Waals surface area contributed by atoms with E-state index in [-0.39, 0.29) is 19.4 Å². The normalized spacial score (nSPS) is 14.0. The van der Waals surface area contributed by atoms with Crippen molar-refractivity contribution in [1.82, 2.24) is 36.6 Å². The monoisotopic (exact) mass is 639 g/mol. The minimum atomic E-state index is -1.55. The third-order valence-corrected chi connectivity index (χ3v) is 6.16. The van der Waals surface area contributed by atoms with Crippen molar-refractivity contribution in [1.29, 1.82) is 0 Å². The lowest BCUT2D eigenvalue weighted by atomic mass is 10.1. The van der Waals surface area contributed by atoms with Gasteiger partial charge >= 0.3 is 5.97 Å². The van der Waals surface area contributed by atoms with Crippen LogP contribution in [-0.2, 0) is 44.8 Å². The van der Waals surface area contributed by atoms with E-state index in [1.165, 1.54) is 19.4 Å². The van der Waals surface area contributed by atoms with Gasteiger partial charge in [0.2, 0.25) is 41.4 Å². The molecule has 1 aromatic rings. The summed E-state index contributed by atoms with van der Waals surface area (Å²) in [6, 6.07) is -6.70. The molecule has 5 atom stereocenters. The molecule has 0 saturated heterocycles. The van der Waals surface area contributed by atoms with Crippen molar-refractivity contribution >= 4 is 47.3 Å². The molecule has 0 fully saturated rings. The number of amides is 7. The van der Waals surface area contributed by atoms with Crippen LogP contribution in [0.2, 0.25) is 0 Å². The average molecular weight is 640 g/mol. The average Bonchev–Trinajstić information content (AvgIpc) is 3.47. The fraction of sp³-hybridized carbons (Fsp3) is 0.560. The first kappa shape index (κ1) is 37.9. The molecule has 0 aromatic carbocycles. The Hall–Kier alpha value is -5.11. The van der Waals surface area contributed by atoms with Gasteiger partial charge in [0.15, 0.2) is 0 Å². The van der Waals surface area contributed by atoms with Crippen molar-refractivity contribution in [3.63, 3.8) is 0 Å². The van der Waals surface area contributed by atoms with Gasteiger partial charge < -0.3 is 59.6 Å². The highest BCUT2D eigenvalue weighted by Gasteiger charge is 2.30. The summed E-state index contributed by atoms with van der Waals surface area (Å²) in [5, 5.41) is 21.0. The number of aromatic nitrogens is 2. The molecular weight excluding hydrogens is 598 g/mol. The number of unbranched alkanes of at least 4 members (excludes halogenated alkanes) is 1. The SMILES string of the molecule is C[C@H](NC(=O)CNC(=O)[C@H](CCCCN)NC(=O)[C@H](CC(N)=O)NC(=O)[C@@H](N)CC(N)=O)C(=O)N[C@@H](Cc1cnc[nH]1)C(=O)O. The summed E-state index contributed by atoms with van der Waals surface area (Å²) in [5.41, 5.74) is 21.8. The molecule has 0 saturated carbocycles. The lowest BCUT2D eigenvalue weighted by molar-refractivity contribution is -0.142. The second-order valence-corrected chi connectivity index (χ2v) is 10.0. The molecule has 0 spiro atoms. The Kier molecular flexibility index (Phi) is 16.2. The Balaban J connectivity index is 2.81. The van der Waals surface area contributed by atoms with Crippen LogP contribution in [0.25, 0.3) is 0 Å². The van der Waals surface area contributed by atoms with Gasteiger partial charge in [-0.05, 0) is 32.7 Å². The Morgan fingerprint density at radius 3 is 2.02 bits per heavy atom. The van der Waals surface area contributed by atoms with E-state index in [0.717, 1.165) is 0 Å². The minimum absolute atomic E-state index is 0.0561. The first-order chi connectivity index (χ1) is 21.1. The highest BCUT2D eigenvalue weighted by Crippen LogP contribution is 2.04. The smallest absolute Gasteiger partial charge is 0.326 e. The van der Waals surface area contributed by atoms with Crippen LogP contribution in [0.1, 0.15) is 44.7 Å². The zero-order valence-corrected chi connectivity index (χ0v) is 24.7. The molecule has 0 aliphatic rings. The lowest BCUT2D eigenvalue weighted by Crippen LogP contribution is -2.57. The summed E-state index contributed by atoms with van der Waals surface area (Å²) in [7, 11) is 0. The molecule has 20 heteroatoms. The molecule has 7 amide bonds. The number of carboxylic acid groups (broad SMARTS) is 1. The summed E-state index contributed by atoms with van der Waals surface area (Å²) >= 11 is 0. The van der Waals surface area contributed by atoms with Crippen molar-refractivity contribution in [2.75, 3.05) is 13.1 Å². The molecule has 0 radical (unpaired) electrons. The number of nitrogens with two attached hydrogens (primary N) is 4. The summed E-state index contributed by atoms with van der Waals surface area (Å²) in [4.78, 5) is 104. The Bertz CT molecular complexity index is 1210. The fourth-order valence-electron chi connectivity index (χ4n) is 3.79. The summed E-state index contributed by atoms with van der Waals surface area (Å²) in [5.74, 6) is -7.50. The molecule has 250 valence electrons. The number of aromatic amines is 1. The van der Waals surface area contributed by atoms with Crippen LogP contribution in [-0.4, -0.2) is 106 Å². The van der Waals surface area contributed by atoms with Gasteiger partial charge in [-0.25, -0.2) is 9.78 Å². The maximum Gasteiger partial charge on any atom is 0.326 e. The van der Waals surface area contributed by atoms with Crippen molar-refractivity contribution < 1.29 is 43.5 Å². The molecule has 15 N–H and O–H groups in total. The first-order valence-corrected chi connectivity index (χ1v) is 13.8. The number of nitrogens with zero attached hydrogens (tertiary/aromatic N) is 1. The number of hydrogen-bond acceptors (Lipinski definition) is 11. The number of imidazole rings is 1. The lowest BCUT2D eigenvalue weighted by Gasteiger charge is -2.23. The number of aliphatic carboxylic acids is 1. The van der Waals surface area contributed by atoms with Crippen LogP contribution < -0.4 is 49.5 Å². The fourth-order valence-corrected chi connectivity index (χ4v) is 3.79. The summed E-state index contributed by atoms with van der Waals surface area (Å²) in [6.45, 7) is 0.968. The molecule has 45 heavy (non-hydrogen) atoms. The van der Waals surface area contributed by atoms with Crippen LogP contribution in [0.4, 0.5) is 0 Å². The second kappa shape index (κ2) is 19.2. The highest BCUT2D eigenvalue weighted by atomic mass is 16.4. The van der Waals surface area contributed by atoms with E-state index in [1.807, 2.05) is 0 Å². The molecule has 20 nitrogen and oxygen atoms in total. The Labute approximate surface area is 257 Å². The van der Waals surface area contributed by atoms with Gasteiger partial charge in [0.25, 0.3) is 0 Å². The zero-order valence-electron chi connectivity index (χ0n) is 24.7. The van der Waals surface area contributed by atoms with Gasteiger partial charge in [0.1, 0.15) is 24.2 Å². The van der Waals surface area contributed by atoms with Gasteiger partial charge in [-0.3, -0.25) is 33.6 Å². The standard InChI is InChI=1S/C25H41N11O9/c1-12(21(40)36-17(25(44)45)6-13-9-30-11-32-13)33-20(39)10-31-23(42)15(4-2-3-5-26)34-24(43)16(8-19(29)38)35-22(41)14(27)7-18(28)37/h9,11-12,14-17H,2-8,10,26-27H2,1H3,(H2,28,37)(H2,29,38)(H,30,32)(H,31,42)(H,33,39)(H,34,43)(H,35,41)(H,36,40)(H,44,45)/t12-,14-,15-,16-,17-/m0/s1. The van der Waals surface area contributed by atoms with Crippen LogP contribution in [0, 0.1) is 0 Å². The van der Waals surface area contributed by atoms with Gasteiger partial charge in [-0.1, -0.05) is 0 Å². The highest BCUT2D eigenvalue weighted by molar-refractivity contribution is 5.97. The molecule has 1 heterocycles. The quantitative estimate of drug-likeness (QED) is 0.0561. The largest absolute Gasteiger partial charge is 0.480 e. The number of primary amides is 2. The maximum atomic E-state index is 13.0. The van der Waals surface area contributed by atoms with E-state index >= 15 is 0 Å². The van der Waals surface area contributed by atoms with E-state index in [1.54, 1.807) is 0 Å². The summed E-state index contributed by atoms with van der Waals surface area (Å²) < 4.78 is 0. The van der Waals surface area contributed by atoms with Gasteiger partial charge in [-0.2, -0.15) is 0 Å². The minimum Gasteiger partial charge on any atom is -0.480 e. The number of H-pyrrole nitrogens is 1. The molecule has 1 aromatic heterocycles. The van der Waals surface area contributed by atoms with Crippen molar-refractivity contribution in [2.24, 2.45) is 22.9 Å². The van der Waals surface area contributed by atoms with Crippen LogP contribution >= 0.6 is 0 Å². The van der Waals surface area contributed by atoms with Crippen molar-refractivity contribution in [3.8, 4) is 0 Å². The van der Waals surface area contributed by atoms with E-state index in [2.05, 4.69) is 36.6 Å². The number of carbonyl (C=O) groups excluding carboxylic acids is 7. The molecule has 0 bridgehead atoms. The van der Waals surface area contributed by atoms with Crippen LogP contribution in [0.5, 0.6) is 0 Å². The molecule has 1 rings (SSSR count). The molecule has 0 unspecified atom stereocenters. The number of hydrogen-bond donors (Lipinski definition) is 11. The predicted molar refractivity (Wildman–Crippen MR) is 155 cm³/mol. The number of nitrogens with one attached hydrogen (secondary N) is 6. The third kappa shape index (κ3) is 14.8. The summed E-state index contributed by atoms with van der Waals surface area (Å²) in [6.07, 6.45) is 2.38. The Morgan fingerprint density at radius 2 is 1.47 bits per heavy atom. The number of carboxylic acids is 1. The first-order valence-electron chi connectivity index (χ1n) is 13.8. The van der Waals surface area contributed by atoms with Gasteiger partial charge in [0.05, 0.1) is 31.8 Å². The zero-order chi connectivity index (χ0) is 34.1. The van der Waals surface area contributed by atoms with Crippen LogP contribution in [0.15, 0.2) is 12.5 Å². The van der Waals surface area contributed by atoms with E-state index in [9.17, 15) is 43.5 Å². The van der Waals surface area contributed by atoms with Gasteiger partial charge in [0, 0.05) is 18.3 Å².